The molecular formula is C28H26ClN5O3. The smallest absolute Gasteiger partial charge is 0.250 e. The Morgan fingerprint density at radius 1 is 1.05 bits per heavy atom. The van der Waals surface area contributed by atoms with Crippen LogP contribution in [-0.4, -0.2) is 34.9 Å². The van der Waals surface area contributed by atoms with Gasteiger partial charge in [0.1, 0.15) is 11.5 Å². The summed E-state index contributed by atoms with van der Waals surface area (Å²) in [6.45, 7) is 0. The molecule has 1 aliphatic rings. The van der Waals surface area contributed by atoms with Gasteiger partial charge >= 0.3 is 0 Å². The van der Waals surface area contributed by atoms with Crippen molar-refractivity contribution in [3.63, 3.8) is 0 Å². The van der Waals surface area contributed by atoms with Crippen LogP contribution in [0.2, 0.25) is 5.02 Å². The highest BCUT2D eigenvalue weighted by Crippen LogP contribution is 2.41. The van der Waals surface area contributed by atoms with Crippen molar-refractivity contribution in [3.05, 3.63) is 101 Å². The lowest BCUT2D eigenvalue weighted by Crippen LogP contribution is -2.28. The Labute approximate surface area is 219 Å². The van der Waals surface area contributed by atoms with Gasteiger partial charge in [-0.05, 0) is 54.0 Å². The van der Waals surface area contributed by atoms with Gasteiger partial charge in [0.05, 0.1) is 26.3 Å². The molecule has 2 atom stereocenters. The highest BCUT2D eigenvalue weighted by atomic mass is 35.5. The molecule has 3 aromatic carbocycles. The highest BCUT2D eigenvalue weighted by molar-refractivity contribution is 6.30. The van der Waals surface area contributed by atoms with Gasteiger partial charge in [-0.2, -0.15) is 4.98 Å². The number of methoxy groups -OCH3 is 2. The molecule has 4 aromatic rings. The highest BCUT2D eigenvalue weighted by Gasteiger charge is 2.32. The number of amides is 1. The van der Waals surface area contributed by atoms with Crippen LogP contribution in [0.1, 0.15) is 35.2 Å². The van der Waals surface area contributed by atoms with Crippen molar-refractivity contribution in [2.75, 3.05) is 24.9 Å². The minimum Gasteiger partial charge on any atom is -0.497 e. The van der Waals surface area contributed by atoms with Crippen LogP contribution >= 0.6 is 11.6 Å². The van der Waals surface area contributed by atoms with Crippen LogP contribution in [0.5, 0.6) is 11.5 Å². The first-order valence-corrected chi connectivity index (χ1v) is 12.2. The van der Waals surface area contributed by atoms with Gasteiger partial charge in [0.2, 0.25) is 5.95 Å². The van der Waals surface area contributed by atoms with Crippen molar-refractivity contribution in [1.29, 1.82) is 0 Å². The molecule has 1 aromatic heterocycles. The molecule has 9 heteroatoms. The Morgan fingerprint density at radius 2 is 1.81 bits per heavy atom. The summed E-state index contributed by atoms with van der Waals surface area (Å²) in [7, 11) is 3.26. The van der Waals surface area contributed by atoms with Crippen LogP contribution in [0.15, 0.2) is 78.9 Å². The predicted molar refractivity (Wildman–Crippen MR) is 144 cm³/mol. The van der Waals surface area contributed by atoms with Gasteiger partial charge in [0, 0.05) is 16.7 Å². The van der Waals surface area contributed by atoms with Crippen LogP contribution in [0.3, 0.4) is 0 Å². The molecular weight excluding hydrogens is 490 g/mol. The SMILES string of the molecule is COc1ccc(/C=C/C(=O)Nc2nc3n(n2)[C@H](c2ccccc2OC)C[C@@H](c2ccc(Cl)cc2)N3)cc1. The van der Waals surface area contributed by atoms with Crippen LogP contribution in [0.4, 0.5) is 11.9 Å². The molecule has 0 unspecified atom stereocenters. The van der Waals surface area contributed by atoms with Gasteiger partial charge in [0.15, 0.2) is 0 Å². The van der Waals surface area contributed by atoms with Crippen molar-refractivity contribution < 1.29 is 14.3 Å². The lowest BCUT2D eigenvalue weighted by molar-refractivity contribution is -0.111. The van der Waals surface area contributed by atoms with E-state index in [4.69, 9.17) is 21.1 Å². The number of benzene rings is 3. The van der Waals surface area contributed by atoms with Gasteiger partial charge in [-0.25, -0.2) is 4.68 Å². The average molecular weight is 516 g/mol. The first kappa shape index (κ1) is 24.4. The van der Waals surface area contributed by atoms with E-state index in [1.165, 1.54) is 6.08 Å². The number of hydrogen-bond acceptors (Lipinski definition) is 6. The lowest BCUT2D eigenvalue weighted by atomic mass is 9.93. The van der Waals surface area contributed by atoms with Gasteiger partial charge in [-0.1, -0.05) is 54.1 Å². The van der Waals surface area contributed by atoms with E-state index in [0.29, 0.717) is 17.4 Å². The van der Waals surface area contributed by atoms with Crippen molar-refractivity contribution >= 4 is 35.5 Å². The minimum atomic E-state index is -0.332. The minimum absolute atomic E-state index is 0.0394. The van der Waals surface area contributed by atoms with E-state index < -0.39 is 0 Å². The maximum atomic E-state index is 12.6. The van der Waals surface area contributed by atoms with Crippen molar-refractivity contribution in [1.82, 2.24) is 14.8 Å². The molecule has 0 fully saturated rings. The first-order chi connectivity index (χ1) is 18.0. The summed E-state index contributed by atoms with van der Waals surface area (Å²) in [4.78, 5) is 17.2. The number of nitrogens with one attached hydrogen (secondary N) is 2. The van der Waals surface area contributed by atoms with E-state index in [2.05, 4.69) is 20.7 Å². The molecule has 0 aliphatic carbocycles. The van der Waals surface area contributed by atoms with E-state index in [-0.39, 0.29) is 23.9 Å². The summed E-state index contributed by atoms with van der Waals surface area (Å²) in [6.07, 6.45) is 3.86. The third-order valence-electron chi connectivity index (χ3n) is 6.24. The van der Waals surface area contributed by atoms with Gasteiger partial charge in [0.25, 0.3) is 11.9 Å². The van der Waals surface area contributed by atoms with Crippen molar-refractivity contribution in [2.45, 2.75) is 18.5 Å². The second-order valence-electron chi connectivity index (χ2n) is 8.54. The van der Waals surface area contributed by atoms with E-state index in [1.807, 2.05) is 72.8 Å². The number of fused-ring (bicyclic) bond motifs is 1. The topological polar surface area (TPSA) is 90.3 Å². The van der Waals surface area contributed by atoms with Crippen LogP contribution in [-0.2, 0) is 4.79 Å². The van der Waals surface area contributed by atoms with Gasteiger partial charge in [-0.3, -0.25) is 10.1 Å². The first-order valence-electron chi connectivity index (χ1n) is 11.8. The van der Waals surface area contributed by atoms with E-state index in [9.17, 15) is 4.79 Å². The van der Waals surface area contributed by atoms with Gasteiger partial charge < -0.3 is 14.8 Å². The molecule has 8 nitrogen and oxygen atoms in total. The molecule has 1 amide bonds. The second kappa shape index (κ2) is 10.8. The Morgan fingerprint density at radius 3 is 2.54 bits per heavy atom. The Bertz CT molecular complexity index is 1420. The number of hydrogen-bond donors (Lipinski definition) is 2. The summed E-state index contributed by atoms with van der Waals surface area (Å²) in [5, 5.41) is 11.5. The van der Waals surface area contributed by atoms with Crippen molar-refractivity contribution in [2.24, 2.45) is 0 Å². The number of aromatic nitrogens is 3. The zero-order valence-corrected chi connectivity index (χ0v) is 21.1. The molecule has 0 saturated carbocycles. The van der Waals surface area contributed by atoms with E-state index in [1.54, 1.807) is 25.0 Å². The molecule has 0 radical (unpaired) electrons. The number of rotatable bonds is 7. The zero-order valence-electron chi connectivity index (χ0n) is 20.4. The molecule has 0 bridgehead atoms. The van der Waals surface area contributed by atoms with Crippen LogP contribution < -0.4 is 20.1 Å². The maximum Gasteiger partial charge on any atom is 0.250 e. The van der Waals surface area contributed by atoms with E-state index >= 15 is 0 Å². The second-order valence-corrected chi connectivity index (χ2v) is 8.98. The maximum absolute atomic E-state index is 12.6. The summed E-state index contributed by atoms with van der Waals surface area (Å²) >= 11 is 6.11. The summed E-state index contributed by atoms with van der Waals surface area (Å²) in [6, 6.07) is 22.8. The summed E-state index contributed by atoms with van der Waals surface area (Å²) < 4.78 is 12.6. The number of halogens is 1. The number of ether oxygens (including phenoxy) is 2. The third kappa shape index (κ3) is 5.44. The fourth-order valence-electron chi connectivity index (χ4n) is 4.38. The standard InChI is InChI=1S/C28H26ClN5O3/c1-36-21-14-7-18(8-15-21)9-16-26(35)31-27-32-28-30-23(19-10-12-20(29)13-11-19)17-24(34(28)33-27)22-5-3-4-6-25(22)37-2/h3-16,23-24H,17H2,1-2H3,(H2,30,31,32,33,35)/b16-9+/t23-,24-/m0/s1. The Hall–Kier alpha value is -4.30. The van der Waals surface area contributed by atoms with Gasteiger partial charge in [-0.15, -0.1) is 5.10 Å². The molecule has 37 heavy (non-hydrogen) atoms. The fraction of sp³-hybridized carbons (Fsp3) is 0.179. The number of carbonyl (C=O) groups is 1. The lowest BCUT2D eigenvalue weighted by Gasteiger charge is -2.32. The number of para-hydroxylation sites is 1. The summed E-state index contributed by atoms with van der Waals surface area (Å²) in [5.74, 6) is 1.95. The number of carbonyl (C=O) groups excluding carboxylic acids is 1. The quantitative estimate of drug-likeness (QED) is 0.305. The largest absolute Gasteiger partial charge is 0.497 e. The summed E-state index contributed by atoms with van der Waals surface area (Å²) in [5.41, 5.74) is 2.93. The Kier molecular flexibility index (Phi) is 7.09. The average Bonchev–Trinajstić information content (AvgIpc) is 3.34. The molecule has 2 N–H and O–H groups in total. The molecule has 5 rings (SSSR count). The Balaban J connectivity index is 1.41. The molecule has 1 aliphatic heterocycles. The van der Waals surface area contributed by atoms with Crippen LogP contribution in [0.25, 0.3) is 6.08 Å². The third-order valence-corrected chi connectivity index (χ3v) is 6.49. The molecule has 0 spiro atoms. The number of nitrogens with zero attached hydrogens (tertiary/aromatic N) is 3. The predicted octanol–water partition coefficient (Wildman–Crippen LogP) is 5.75. The normalized spacial score (nSPS) is 16.6. The van der Waals surface area contributed by atoms with Crippen molar-refractivity contribution in [3.8, 4) is 11.5 Å². The monoisotopic (exact) mass is 515 g/mol. The zero-order chi connectivity index (χ0) is 25.8. The molecule has 0 saturated heterocycles. The van der Waals surface area contributed by atoms with E-state index in [0.717, 1.165) is 28.2 Å². The molecule has 2 heterocycles. The van der Waals surface area contributed by atoms with Crippen LogP contribution in [0, 0.1) is 0 Å². The molecule has 188 valence electrons. The fourth-order valence-corrected chi connectivity index (χ4v) is 4.51. The number of anilines is 2.